The van der Waals surface area contributed by atoms with Crippen molar-refractivity contribution in [1.29, 1.82) is 0 Å². The van der Waals surface area contributed by atoms with E-state index in [0.29, 0.717) is 18.3 Å². The van der Waals surface area contributed by atoms with Gasteiger partial charge in [-0.15, -0.1) is 16.4 Å². The Morgan fingerprint density at radius 1 is 1.45 bits per heavy atom. The lowest BCUT2D eigenvalue weighted by molar-refractivity contribution is 0.189. The fourth-order valence-corrected chi connectivity index (χ4v) is 3.60. The zero-order chi connectivity index (χ0) is 14.5. The molecule has 0 aromatic carbocycles. The Bertz CT molecular complexity index is 598. The average Bonchev–Trinajstić information content (AvgIpc) is 2.92. The highest BCUT2D eigenvalue weighted by atomic mass is 32.2. The highest BCUT2D eigenvalue weighted by molar-refractivity contribution is 7.98. The number of hydrogen-bond acceptors (Lipinski definition) is 6. The van der Waals surface area contributed by atoms with Gasteiger partial charge in [-0.05, 0) is 20.3 Å². The molecule has 0 aliphatic carbocycles. The summed E-state index contributed by atoms with van der Waals surface area (Å²) in [5.41, 5.74) is 0.903. The van der Waals surface area contributed by atoms with Gasteiger partial charge in [-0.25, -0.2) is 14.9 Å². The van der Waals surface area contributed by atoms with Crippen LogP contribution in [0.15, 0.2) is 9.95 Å². The van der Waals surface area contributed by atoms with Crippen LogP contribution < -0.4 is 5.69 Å². The van der Waals surface area contributed by atoms with Crippen molar-refractivity contribution in [2.24, 2.45) is 0 Å². The monoisotopic (exact) mass is 314 g/mol. The van der Waals surface area contributed by atoms with Crippen LogP contribution in [-0.2, 0) is 17.0 Å². The van der Waals surface area contributed by atoms with Gasteiger partial charge in [0.05, 0.1) is 11.4 Å². The summed E-state index contributed by atoms with van der Waals surface area (Å²) in [6.07, 6.45) is 0.791. The first-order valence-corrected chi connectivity index (χ1v) is 8.12. The van der Waals surface area contributed by atoms with E-state index in [1.165, 1.54) is 16.6 Å². The summed E-state index contributed by atoms with van der Waals surface area (Å²) < 4.78 is 6.65. The van der Waals surface area contributed by atoms with Crippen molar-refractivity contribution in [3.05, 3.63) is 26.1 Å². The highest BCUT2D eigenvalue weighted by Gasteiger charge is 2.11. The maximum absolute atomic E-state index is 11.7. The van der Waals surface area contributed by atoms with E-state index in [2.05, 4.69) is 22.1 Å². The van der Waals surface area contributed by atoms with Gasteiger partial charge in [0.2, 0.25) is 0 Å². The predicted octanol–water partition coefficient (Wildman–Crippen LogP) is 1.97. The second-order valence-corrected chi connectivity index (χ2v) is 6.58. The van der Waals surface area contributed by atoms with Gasteiger partial charge in [0.15, 0.2) is 5.16 Å². The van der Waals surface area contributed by atoms with E-state index in [9.17, 15) is 4.79 Å². The molecule has 6 nitrogen and oxygen atoms in total. The maximum Gasteiger partial charge on any atom is 0.343 e. The lowest BCUT2D eigenvalue weighted by atomic mass is 10.4. The van der Waals surface area contributed by atoms with Crippen LogP contribution in [0.2, 0.25) is 0 Å². The zero-order valence-corrected chi connectivity index (χ0v) is 13.4. The Labute approximate surface area is 125 Å². The van der Waals surface area contributed by atoms with Gasteiger partial charge in [0.25, 0.3) is 0 Å². The summed E-state index contributed by atoms with van der Waals surface area (Å²) in [5.74, 6) is 0.730. The van der Waals surface area contributed by atoms with Crippen molar-refractivity contribution >= 4 is 23.1 Å². The number of methoxy groups -OCH3 is 1. The number of thiazole rings is 1. The zero-order valence-electron chi connectivity index (χ0n) is 11.8. The lowest BCUT2D eigenvalue weighted by Gasteiger charge is -2.03. The molecule has 0 atom stereocenters. The van der Waals surface area contributed by atoms with Gasteiger partial charge < -0.3 is 4.74 Å². The molecule has 0 bridgehead atoms. The Kier molecular flexibility index (Phi) is 5.38. The molecule has 110 valence electrons. The van der Waals surface area contributed by atoms with Gasteiger partial charge in [0.1, 0.15) is 5.01 Å². The first-order valence-electron chi connectivity index (χ1n) is 6.31. The molecule has 2 aromatic rings. The van der Waals surface area contributed by atoms with Crippen LogP contribution in [0, 0.1) is 13.8 Å². The fraction of sp³-hybridized carbons (Fsp3) is 0.583. The van der Waals surface area contributed by atoms with Crippen molar-refractivity contribution in [3.8, 4) is 0 Å². The number of rotatable bonds is 7. The number of aryl methyl sites for hydroxylation is 2. The second-order valence-electron chi connectivity index (χ2n) is 4.35. The number of aromatic nitrogens is 4. The third kappa shape index (κ3) is 3.71. The van der Waals surface area contributed by atoms with Gasteiger partial charge in [-0.2, -0.15) is 0 Å². The van der Waals surface area contributed by atoms with Gasteiger partial charge in [-0.1, -0.05) is 11.8 Å². The minimum atomic E-state index is -0.171. The van der Waals surface area contributed by atoms with Crippen LogP contribution in [0.3, 0.4) is 0 Å². The quantitative estimate of drug-likeness (QED) is 0.625. The van der Waals surface area contributed by atoms with Crippen LogP contribution in [-0.4, -0.2) is 33.5 Å². The van der Waals surface area contributed by atoms with Crippen LogP contribution in [0.5, 0.6) is 0 Å². The normalized spacial score (nSPS) is 11.2. The number of thioether (sulfide) groups is 1. The average molecular weight is 314 g/mol. The van der Waals surface area contributed by atoms with E-state index >= 15 is 0 Å². The fourth-order valence-electron chi connectivity index (χ4n) is 1.70. The van der Waals surface area contributed by atoms with Crippen molar-refractivity contribution in [3.63, 3.8) is 0 Å². The topological polar surface area (TPSA) is 72.8 Å². The smallest absolute Gasteiger partial charge is 0.343 e. The number of ether oxygens (including phenoxy) is 1. The molecule has 0 spiro atoms. The van der Waals surface area contributed by atoms with E-state index in [0.717, 1.165) is 22.9 Å². The predicted molar refractivity (Wildman–Crippen MR) is 80.5 cm³/mol. The molecule has 0 aliphatic heterocycles. The van der Waals surface area contributed by atoms with Crippen molar-refractivity contribution < 1.29 is 4.74 Å². The Morgan fingerprint density at radius 3 is 2.90 bits per heavy atom. The molecule has 2 aromatic heterocycles. The van der Waals surface area contributed by atoms with E-state index < -0.39 is 0 Å². The summed E-state index contributed by atoms with van der Waals surface area (Å²) in [5, 5.41) is 8.32. The molecule has 20 heavy (non-hydrogen) atoms. The number of H-pyrrole nitrogens is 1. The standard InChI is InChI=1S/C12H18N4O2S2/c1-8-9(2)20-10(13-8)7-19-12-15-14-11(17)16(12)5-4-6-18-3/h4-7H2,1-3H3,(H,14,17). The summed E-state index contributed by atoms with van der Waals surface area (Å²) >= 11 is 3.22. The molecule has 8 heteroatoms. The first kappa shape index (κ1) is 15.3. The largest absolute Gasteiger partial charge is 0.385 e. The molecule has 0 saturated carbocycles. The van der Waals surface area contributed by atoms with Gasteiger partial charge >= 0.3 is 5.69 Å². The van der Waals surface area contributed by atoms with E-state index in [4.69, 9.17) is 4.74 Å². The van der Waals surface area contributed by atoms with E-state index in [-0.39, 0.29) is 5.69 Å². The molecule has 0 fully saturated rings. The number of nitrogens with one attached hydrogen (secondary N) is 1. The van der Waals surface area contributed by atoms with Crippen molar-refractivity contribution in [1.82, 2.24) is 19.7 Å². The highest BCUT2D eigenvalue weighted by Crippen LogP contribution is 2.24. The van der Waals surface area contributed by atoms with Gasteiger partial charge in [0, 0.05) is 25.1 Å². The Hall–Kier alpha value is -1.12. The minimum Gasteiger partial charge on any atom is -0.385 e. The first-order chi connectivity index (χ1) is 9.61. The molecule has 0 unspecified atom stereocenters. The molecule has 1 N–H and O–H groups in total. The summed E-state index contributed by atoms with van der Waals surface area (Å²) in [7, 11) is 1.65. The van der Waals surface area contributed by atoms with Crippen LogP contribution in [0.1, 0.15) is 22.0 Å². The molecular weight excluding hydrogens is 296 g/mol. The van der Waals surface area contributed by atoms with Crippen LogP contribution in [0.4, 0.5) is 0 Å². The van der Waals surface area contributed by atoms with Crippen molar-refractivity contribution in [2.45, 2.75) is 37.7 Å². The molecule has 0 radical (unpaired) electrons. The number of nitrogens with zero attached hydrogens (tertiary/aromatic N) is 3. The molecule has 0 saturated heterocycles. The molecule has 0 amide bonds. The molecular formula is C12H18N4O2S2. The van der Waals surface area contributed by atoms with E-state index in [1.807, 2.05) is 6.92 Å². The third-order valence-electron chi connectivity index (χ3n) is 2.85. The summed E-state index contributed by atoms with van der Waals surface area (Å²) in [4.78, 5) is 17.4. The maximum atomic E-state index is 11.7. The van der Waals surface area contributed by atoms with Gasteiger partial charge in [-0.3, -0.25) is 4.57 Å². The molecule has 2 rings (SSSR count). The Balaban J connectivity index is 2.00. The van der Waals surface area contributed by atoms with E-state index in [1.54, 1.807) is 23.0 Å². The molecule has 2 heterocycles. The Morgan fingerprint density at radius 2 is 2.25 bits per heavy atom. The number of hydrogen-bond donors (Lipinski definition) is 1. The van der Waals surface area contributed by atoms with Crippen molar-refractivity contribution in [2.75, 3.05) is 13.7 Å². The second kappa shape index (κ2) is 7.05. The summed E-state index contributed by atoms with van der Waals surface area (Å²) in [6.45, 7) is 5.32. The SMILES string of the molecule is COCCCn1c(SCc2nc(C)c(C)s2)n[nH]c1=O. The molecule has 0 aliphatic rings. The lowest BCUT2D eigenvalue weighted by Crippen LogP contribution is -2.18. The third-order valence-corrected chi connectivity index (χ3v) is 5.09. The number of aromatic amines is 1. The van der Waals surface area contributed by atoms with Crippen LogP contribution in [0.25, 0.3) is 0 Å². The van der Waals surface area contributed by atoms with Crippen LogP contribution >= 0.6 is 23.1 Å². The summed E-state index contributed by atoms with van der Waals surface area (Å²) in [6, 6.07) is 0. The minimum absolute atomic E-state index is 0.171.